The fourth-order valence-electron chi connectivity index (χ4n) is 2.63. The molecule has 0 bridgehead atoms. The molecule has 0 aliphatic heterocycles. The van der Waals surface area contributed by atoms with Gasteiger partial charge in [-0.05, 0) is 12.1 Å². The van der Waals surface area contributed by atoms with E-state index in [1.807, 2.05) is 84.9 Å². The maximum Gasteiger partial charge on any atom is 0.182 e. The van der Waals surface area contributed by atoms with Gasteiger partial charge in [0, 0.05) is 21.7 Å². The molecule has 1 heterocycles. The number of rotatable bonds is 3. The van der Waals surface area contributed by atoms with E-state index in [0.717, 1.165) is 28.1 Å². The Morgan fingerprint density at radius 3 is 1.72 bits per heavy atom. The summed E-state index contributed by atoms with van der Waals surface area (Å²) >= 11 is 6.03. The third-order valence-electron chi connectivity index (χ3n) is 3.88. The summed E-state index contributed by atoms with van der Waals surface area (Å²) in [4.78, 5) is 4.80. The van der Waals surface area contributed by atoms with Crippen molar-refractivity contribution in [2.75, 3.05) is 0 Å². The van der Waals surface area contributed by atoms with Crippen LogP contribution in [0.2, 0.25) is 5.02 Å². The van der Waals surface area contributed by atoms with Gasteiger partial charge in [-0.3, -0.25) is 0 Å². The van der Waals surface area contributed by atoms with E-state index in [1.165, 1.54) is 0 Å². The van der Waals surface area contributed by atoms with Crippen LogP contribution in [0.4, 0.5) is 0 Å². The predicted molar refractivity (Wildman–Crippen MR) is 101 cm³/mol. The van der Waals surface area contributed by atoms with Gasteiger partial charge in [0.25, 0.3) is 0 Å². The molecule has 0 spiro atoms. The highest BCUT2D eigenvalue weighted by atomic mass is 35.5. The van der Waals surface area contributed by atoms with Gasteiger partial charge in [0.05, 0.1) is 0 Å². The number of nitrogens with zero attached hydrogens (tertiary/aromatic N) is 3. The summed E-state index contributed by atoms with van der Waals surface area (Å²) in [6, 6.07) is 27.4. The standard InChI is InChI=1S/C21H14ClN3/c22-18-13-11-16(12-14-18)19-20(15-7-3-1-4-8-15)24-25-21(23-19)17-9-5-2-6-10-17/h1-14H. The summed E-state index contributed by atoms with van der Waals surface area (Å²) in [7, 11) is 0. The molecule has 0 fully saturated rings. The minimum atomic E-state index is 0.602. The van der Waals surface area contributed by atoms with Gasteiger partial charge in [-0.25, -0.2) is 4.98 Å². The molecular weight excluding hydrogens is 330 g/mol. The van der Waals surface area contributed by atoms with Crippen molar-refractivity contribution < 1.29 is 0 Å². The lowest BCUT2D eigenvalue weighted by Crippen LogP contribution is -1.99. The fourth-order valence-corrected chi connectivity index (χ4v) is 2.76. The Labute approximate surface area is 151 Å². The van der Waals surface area contributed by atoms with Gasteiger partial charge in [-0.15, -0.1) is 10.2 Å². The summed E-state index contributed by atoms with van der Waals surface area (Å²) in [6.45, 7) is 0. The Morgan fingerprint density at radius 2 is 1.08 bits per heavy atom. The first-order valence-electron chi connectivity index (χ1n) is 7.93. The van der Waals surface area contributed by atoms with E-state index in [-0.39, 0.29) is 0 Å². The highest BCUT2D eigenvalue weighted by Gasteiger charge is 2.14. The topological polar surface area (TPSA) is 38.7 Å². The third-order valence-corrected chi connectivity index (χ3v) is 4.14. The van der Waals surface area contributed by atoms with Crippen LogP contribution in [0.25, 0.3) is 33.9 Å². The van der Waals surface area contributed by atoms with Crippen LogP contribution in [0.3, 0.4) is 0 Å². The van der Waals surface area contributed by atoms with E-state index < -0.39 is 0 Å². The van der Waals surface area contributed by atoms with Crippen molar-refractivity contribution in [3.63, 3.8) is 0 Å². The Hall–Kier alpha value is -3.04. The van der Waals surface area contributed by atoms with Crippen molar-refractivity contribution in [1.29, 1.82) is 0 Å². The zero-order valence-electron chi connectivity index (χ0n) is 13.3. The van der Waals surface area contributed by atoms with Crippen LogP contribution in [0.5, 0.6) is 0 Å². The second kappa shape index (κ2) is 6.83. The van der Waals surface area contributed by atoms with Crippen molar-refractivity contribution in [2.45, 2.75) is 0 Å². The summed E-state index contributed by atoms with van der Waals surface area (Å²) in [5.74, 6) is 0.602. The molecule has 25 heavy (non-hydrogen) atoms. The highest BCUT2D eigenvalue weighted by Crippen LogP contribution is 2.30. The van der Waals surface area contributed by atoms with Crippen LogP contribution in [0, 0.1) is 0 Å². The average Bonchev–Trinajstić information content (AvgIpc) is 2.69. The maximum atomic E-state index is 6.03. The van der Waals surface area contributed by atoms with Gasteiger partial charge in [0.1, 0.15) is 11.4 Å². The molecule has 0 unspecified atom stereocenters. The molecule has 3 aromatic carbocycles. The number of halogens is 1. The minimum absolute atomic E-state index is 0.602. The molecule has 4 aromatic rings. The Balaban J connectivity index is 1.91. The van der Waals surface area contributed by atoms with Crippen LogP contribution >= 0.6 is 11.6 Å². The van der Waals surface area contributed by atoms with E-state index in [4.69, 9.17) is 16.6 Å². The number of benzene rings is 3. The maximum absolute atomic E-state index is 6.03. The second-order valence-electron chi connectivity index (χ2n) is 5.57. The molecule has 0 aliphatic rings. The zero-order valence-corrected chi connectivity index (χ0v) is 14.1. The van der Waals surface area contributed by atoms with Crippen molar-refractivity contribution in [2.24, 2.45) is 0 Å². The fraction of sp³-hybridized carbons (Fsp3) is 0. The molecular formula is C21H14ClN3. The largest absolute Gasteiger partial charge is 0.224 e. The smallest absolute Gasteiger partial charge is 0.182 e. The zero-order chi connectivity index (χ0) is 17.1. The Kier molecular flexibility index (Phi) is 4.23. The van der Waals surface area contributed by atoms with Crippen LogP contribution in [-0.4, -0.2) is 15.2 Å². The molecule has 0 amide bonds. The number of aromatic nitrogens is 3. The molecule has 0 radical (unpaired) electrons. The molecule has 4 heteroatoms. The molecule has 0 N–H and O–H groups in total. The first kappa shape index (κ1) is 15.5. The average molecular weight is 344 g/mol. The summed E-state index contributed by atoms with van der Waals surface area (Å²) in [6.07, 6.45) is 0. The number of hydrogen-bond donors (Lipinski definition) is 0. The molecule has 120 valence electrons. The van der Waals surface area contributed by atoms with Crippen molar-refractivity contribution in [1.82, 2.24) is 15.2 Å². The SMILES string of the molecule is Clc1ccc(-c2nc(-c3ccccc3)nnc2-c2ccccc2)cc1. The lowest BCUT2D eigenvalue weighted by molar-refractivity contribution is 0.991. The van der Waals surface area contributed by atoms with Crippen molar-refractivity contribution >= 4 is 11.6 Å². The molecule has 1 aromatic heterocycles. The van der Waals surface area contributed by atoms with Gasteiger partial charge >= 0.3 is 0 Å². The normalized spacial score (nSPS) is 10.6. The van der Waals surface area contributed by atoms with Crippen LogP contribution < -0.4 is 0 Å². The van der Waals surface area contributed by atoms with E-state index in [0.29, 0.717) is 10.8 Å². The number of hydrogen-bond acceptors (Lipinski definition) is 3. The first-order valence-corrected chi connectivity index (χ1v) is 8.30. The van der Waals surface area contributed by atoms with Crippen LogP contribution in [-0.2, 0) is 0 Å². The summed E-state index contributed by atoms with van der Waals surface area (Å²) in [5, 5.41) is 9.51. The van der Waals surface area contributed by atoms with Gasteiger partial charge < -0.3 is 0 Å². The lowest BCUT2D eigenvalue weighted by Gasteiger charge is -2.10. The second-order valence-corrected chi connectivity index (χ2v) is 6.01. The predicted octanol–water partition coefficient (Wildman–Crippen LogP) is 5.53. The molecule has 4 rings (SSSR count). The summed E-state index contributed by atoms with van der Waals surface area (Å²) < 4.78 is 0. The van der Waals surface area contributed by atoms with Crippen molar-refractivity contribution in [3.8, 4) is 33.9 Å². The van der Waals surface area contributed by atoms with Gasteiger partial charge in [0.2, 0.25) is 0 Å². The van der Waals surface area contributed by atoms with Crippen LogP contribution in [0.1, 0.15) is 0 Å². The molecule has 0 aliphatic carbocycles. The Morgan fingerprint density at radius 1 is 0.520 bits per heavy atom. The molecule has 0 saturated heterocycles. The molecule has 3 nitrogen and oxygen atoms in total. The quantitative estimate of drug-likeness (QED) is 0.491. The van der Waals surface area contributed by atoms with E-state index in [9.17, 15) is 0 Å². The Bertz CT molecular complexity index is 985. The molecule has 0 saturated carbocycles. The van der Waals surface area contributed by atoms with E-state index in [2.05, 4.69) is 10.2 Å². The van der Waals surface area contributed by atoms with E-state index >= 15 is 0 Å². The molecule has 0 atom stereocenters. The lowest BCUT2D eigenvalue weighted by atomic mass is 10.0. The van der Waals surface area contributed by atoms with Crippen LogP contribution in [0.15, 0.2) is 84.9 Å². The minimum Gasteiger partial charge on any atom is -0.224 e. The van der Waals surface area contributed by atoms with Gasteiger partial charge in [-0.2, -0.15) is 0 Å². The summed E-state index contributed by atoms with van der Waals surface area (Å²) in [5.41, 5.74) is 4.41. The van der Waals surface area contributed by atoms with Gasteiger partial charge in [0.15, 0.2) is 5.82 Å². The third kappa shape index (κ3) is 3.28. The van der Waals surface area contributed by atoms with E-state index in [1.54, 1.807) is 0 Å². The monoisotopic (exact) mass is 343 g/mol. The first-order chi connectivity index (χ1) is 12.3. The van der Waals surface area contributed by atoms with Gasteiger partial charge in [-0.1, -0.05) is 84.4 Å². The highest BCUT2D eigenvalue weighted by molar-refractivity contribution is 6.30. The van der Waals surface area contributed by atoms with Crippen molar-refractivity contribution in [3.05, 3.63) is 90.0 Å².